The molecule has 214 valence electrons. The summed E-state index contributed by atoms with van der Waals surface area (Å²) in [6.45, 7) is 2.12. The molecule has 3 heterocycles. The second kappa shape index (κ2) is 10.4. The molecule has 6 heteroatoms. The van der Waals surface area contributed by atoms with Crippen LogP contribution in [-0.2, 0) is 16.6 Å². The van der Waals surface area contributed by atoms with Crippen LogP contribution in [0.25, 0.3) is 6.08 Å². The van der Waals surface area contributed by atoms with Crippen molar-refractivity contribution in [1.29, 1.82) is 0 Å². The highest BCUT2D eigenvalue weighted by molar-refractivity contribution is 6.16. The minimum absolute atomic E-state index is 0.216. The number of carbonyl (C=O) groups excluding carboxylic acids is 3. The summed E-state index contributed by atoms with van der Waals surface area (Å²) in [5, 5.41) is 3.10. The van der Waals surface area contributed by atoms with Gasteiger partial charge in [-0.1, -0.05) is 80.1 Å². The van der Waals surface area contributed by atoms with E-state index in [1.807, 2.05) is 90.0 Å². The molecule has 43 heavy (non-hydrogen) atoms. The molecule has 4 aromatic carbocycles. The van der Waals surface area contributed by atoms with Crippen molar-refractivity contribution in [2.75, 3.05) is 12.4 Å². The SMILES string of the molecule is CCCc1ccc(C(=O)[C@@H]2[C@H](C(=O)c3ccc(OC)cc3)N3C=Cc4ccccc4[C@H]3[C@@]23C(=O)Nc2ccccc23)cc1. The molecule has 7 rings (SSSR count). The summed E-state index contributed by atoms with van der Waals surface area (Å²) in [7, 11) is 1.58. The number of ketones is 2. The maximum atomic E-state index is 14.9. The lowest BCUT2D eigenvalue weighted by Crippen LogP contribution is -2.49. The number of hydrogen-bond acceptors (Lipinski definition) is 5. The fraction of sp³-hybridized carbons (Fsp3) is 0.216. The summed E-state index contributed by atoms with van der Waals surface area (Å²) in [5.41, 5.74) is 4.04. The number of hydrogen-bond donors (Lipinski definition) is 1. The molecule has 0 saturated carbocycles. The third-order valence-electron chi connectivity index (χ3n) is 9.27. The second-order valence-corrected chi connectivity index (χ2v) is 11.5. The Balaban J connectivity index is 1.48. The van der Waals surface area contributed by atoms with Crippen molar-refractivity contribution < 1.29 is 19.1 Å². The molecule has 4 aromatic rings. The molecule has 1 N–H and O–H groups in total. The zero-order valence-corrected chi connectivity index (χ0v) is 24.1. The van der Waals surface area contributed by atoms with Crippen LogP contribution in [0.1, 0.15) is 62.4 Å². The van der Waals surface area contributed by atoms with Gasteiger partial charge in [-0.2, -0.15) is 0 Å². The second-order valence-electron chi connectivity index (χ2n) is 11.5. The van der Waals surface area contributed by atoms with Crippen molar-refractivity contribution in [2.24, 2.45) is 5.92 Å². The Labute approximate surface area is 251 Å². The zero-order chi connectivity index (χ0) is 29.7. The smallest absolute Gasteiger partial charge is 0.238 e. The van der Waals surface area contributed by atoms with Gasteiger partial charge < -0.3 is 15.0 Å². The molecule has 0 unspecified atom stereocenters. The predicted octanol–water partition coefficient (Wildman–Crippen LogP) is 6.63. The number of ether oxygens (including phenoxy) is 1. The van der Waals surface area contributed by atoms with E-state index in [1.165, 1.54) is 0 Å². The number of fused-ring (bicyclic) bond motifs is 6. The first-order chi connectivity index (χ1) is 21.0. The fourth-order valence-electron chi connectivity index (χ4n) is 7.40. The van der Waals surface area contributed by atoms with Gasteiger partial charge in [0.15, 0.2) is 11.6 Å². The van der Waals surface area contributed by atoms with E-state index in [4.69, 9.17) is 4.74 Å². The lowest BCUT2D eigenvalue weighted by molar-refractivity contribution is -0.122. The van der Waals surface area contributed by atoms with Gasteiger partial charge in [-0.05, 0) is 65.1 Å². The summed E-state index contributed by atoms with van der Waals surface area (Å²) in [6, 6.07) is 28.6. The van der Waals surface area contributed by atoms with Gasteiger partial charge in [0, 0.05) is 23.0 Å². The number of para-hydroxylation sites is 1. The van der Waals surface area contributed by atoms with E-state index in [0.29, 0.717) is 22.6 Å². The first-order valence-corrected chi connectivity index (χ1v) is 14.8. The standard InChI is InChI=1S/C37H32N2O4/c1-3-8-23-13-15-25(16-14-23)33(40)31-32(34(41)26-17-19-27(43-2)20-18-26)39-22-21-24-9-4-5-10-28(24)35(39)37(31)29-11-6-7-12-30(29)38-36(37)42/h4-7,9-22,31-32,35H,3,8H2,1-2H3,(H,38,42)/t31-,32+,35-,37-/m0/s1. The van der Waals surface area contributed by atoms with Gasteiger partial charge >= 0.3 is 0 Å². The Morgan fingerprint density at radius 1 is 0.860 bits per heavy atom. The summed E-state index contributed by atoms with van der Waals surface area (Å²) >= 11 is 0. The third-order valence-corrected chi connectivity index (χ3v) is 9.27. The van der Waals surface area contributed by atoms with E-state index in [-0.39, 0.29) is 17.5 Å². The van der Waals surface area contributed by atoms with Gasteiger partial charge in [0.25, 0.3) is 0 Å². The quantitative estimate of drug-likeness (QED) is 0.253. The average Bonchev–Trinajstić information content (AvgIpc) is 3.53. The van der Waals surface area contributed by atoms with Crippen LogP contribution in [0.15, 0.2) is 103 Å². The Kier molecular flexibility index (Phi) is 6.50. The third kappa shape index (κ3) is 3.97. The molecule has 0 aromatic heterocycles. The van der Waals surface area contributed by atoms with Crippen LogP contribution in [0, 0.1) is 5.92 Å². The molecular formula is C37H32N2O4. The normalized spacial score (nSPS) is 23.0. The van der Waals surface area contributed by atoms with Crippen LogP contribution >= 0.6 is 0 Å². The van der Waals surface area contributed by atoms with Crippen molar-refractivity contribution in [3.63, 3.8) is 0 Å². The summed E-state index contributed by atoms with van der Waals surface area (Å²) in [5.74, 6) is -1.06. The molecule has 1 amide bonds. The summed E-state index contributed by atoms with van der Waals surface area (Å²) in [6.07, 6.45) is 5.77. The lowest BCUT2D eigenvalue weighted by atomic mass is 9.62. The van der Waals surface area contributed by atoms with Crippen molar-refractivity contribution in [3.8, 4) is 5.75 Å². The first-order valence-electron chi connectivity index (χ1n) is 14.8. The molecule has 6 nitrogen and oxygen atoms in total. The lowest BCUT2D eigenvalue weighted by Gasteiger charge is -2.38. The van der Waals surface area contributed by atoms with Crippen molar-refractivity contribution in [2.45, 2.75) is 37.3 Å². The van der Waals surface area contributed by atoms with Crippen LogP contribution in [0.3, 0.4) is 0 Å². The number of rotatable bonds is 7. The molecule has 0 bridgehead atoms. The van der Waals surface area contributed by atoms with Crippen LogP contribution in [0.4, 0.5) is 5.69 Å². The van der Waals surface area contributed by atoms with E-state index in [9.17, 15) is 14.4 Å². The van der Waals surface area contributed by atoms with Gasteiger partial charge in [-0.15, -0.1) is 0 Å². The number of nitrogens with one attached hydrogen (secondary N) is 1. The number of benzene rings is 4. The number of carbonyl (C=O) groups is 3. The molecule has 1 spiro atoms. The maximum absolute atomic E-state index is 14.9. The molecule has 1 saturated heterocycles. The molecular weight excluding hydrogens is 536 g/mol. The van der Waals surface area contributed by atoms with Crippen LogP contribution in [0.5, 0.6) is 5.75 Å². The van der Waals surface area contributed by atoms with Gasteiger partial charge in [0.05, 0.1) is 19.1 Å². The van der Waals surface area contributed by atoms with Crippen LogP contribution in [-0.4, -0.2) is 35.5 Å². The highest BCUT2D eigenvalue weighted by Crippen LogP contribution is 2.62. The number of anilines is 1. The molecule has 3 aliphatic heterocycles. The minimum atomic E-state index is -1.34. The number of methoxy groups -OCH3 is 1. The van der Waals surface area contributed by atoms with E-state index < -0.39 is 23.4 Å². The van der Waals surface area contributed by atoms with Gasteiger partial charge in [0.1, 0.15) is 17.2 Å². The van der Waals surface area contributed by atoms with Gasteiger partial charge in [-0.25, -0.2) is 0 Å². The Morgan fingerprint density at radius 3 is 2.28 bits per heavy atom. The van der Waals surface area contributed by atoms with Gasteiger partial charge in [0.2, 0.25) is 5.91 Å². The van der Waals surface area contributed by atoms with Crippen molar-refractivity contribution >= 4 is 29.2 Å². The molecule has 0 aliphatic carbocycles. The van der Waals surface area contributed by atoms with Crippen molar-refractivity contribution in [1.82, 2.24) is 4.90 Å². The number of Topliss-reactive ketones (excluding diaryl/α,β-unsaturated/α-hetero) is 2. The Hall–Kier alpha value is -4.97. The number of aryl methyl sites for hydroxylation is 1. The van der Waals surface area contributed by atoms with Crippen LogP contribution in [0.2, 0.25) is 0 Å². The van der Waals surface area contributed by atoms with Gasteiger partial charge in [-0.3, -0.25) is 14.4 Å². The Morgan fingerprint density at radius 2 is 1.53 bits per heavy atom. The molecule has 4 atom stereocenters. The molecule has 3 aliphatic rings. The minimum Gasteiger partial charge on any atom is -0.497 e. The number of amides is 1. The first kappa shape index (κ1) is 26.9. The highest BCUT2D eigenvalue weighted by atomic mass is 16.5. The van der Waals surface area contributed by atoms with E-state index >= 15 is 0 Å². The Bertz CT molecular complexity index is 1780. The van der Waals surface area contributed by atoms with Crippen molar-refractivity contribution in [3.05, 3.63) is 137 Å². The topological polar surface area (TPSA) is 75.7 Å². The monoisotopic (exact) mass is 568 g/mol. The predicted molar refractivity (Wildman–Crippen MR) is 166 cm³/mol. The largest absolute Gasteiger partial charge is 0.497 e. The molecule has 1 fully saturated rings. The van der Waals surface area contributed by atoms with E-state index in [0.717, 1.165) is 35.1 Å². The van der Waals surface area contributed by atoms with E-state index in [2.05, 4.69) is 12.2 Å². The van der Waals surface area contributed by atoms with E-state index in [1.54, 1.807) is 31.4 Å². The molecule has 0 radical (unpaired) electrons. The maximum Gasteiger partial charge on any atom is 0.238 e. The van der Waals surface area contributed by atoms with Crippen LogP contribution < -0.4 is 10.1 Å². The zero-order valence-electron chi connectivity index (χ0n) is 24.1. The summed E-state index contributed by atoms with van der Waals surface area (Å²) in [4.78, 5) is 46.1. The highest BCUT2D eigenvalue weighted by Gasteiger charge is 2.70. The number of nitrogens with zero attached hydrogens (tertiary/aromatic N) is 1. The summed E-state index contributed by atoms with van der Waals surface area (Å²) < 4.78 is 5.33. The fourth-order valence-corrected chi connectivity index (χ4v) is 7.40. The average molecular weight is 569 g/mol.